The minimum Gasteiger partial charge on any atom is -0.472 e. The summed E-state index contributed by atoms with van der Waals surface area (Å²) < 4.78 is 8.86. The second kappa shape index (κ2) is 5.35. The summed E-state index contributed by atoms with van der Waals surface area (Å²) in [6, 6.07) is 1.83. The third-order valence-electron chi connectivity index (χ3n) is 3.06. The summed E-state index contributed by atoms with van der Waals surface area (Å²) in [7, 11) is 0. The van der Waals surface area contributed by atoms with E-state index in [9.17, 15) is 4.79 Å². The predicted octanol–water partition coefficient (Wildman–Crippen LogP) is 2.65. The van der Waals surface area contributed by atoms with Gasteiger partial charge in [0.15, 0.2) is 6.29 Å². The first-order valence-electron chi connectivity index (χ1n) is 7.10. The minimum absolute atomic E-state index is 0.300. The van der Waals surface area contributed by atoms with Crippen molar-refractivity contribution < 1.29 is 9.53 Å². The Morgan fingerprint density at radius 1 is 1.30 bits per heavy atom. The summed E-state index contributed by atoms with van der Waals surface area (Å²) in [5, 5.41) is 8.41. The first-order chi connectivity index (χ1) is 10.9. The average Bonchev–Trinajstić information content (AvgIpc) is 3.13. The molecule has 7 heteroatoms. The van der Waals surface area contributed by atoms with Gasteiger partial charge in [-0.05, 0) is 33.4 Å². The van der Waals surface area contributed by atoms with Crippen molar-refractivity contribution in [2.45, 2.75) is 26.4 Å². The fourth-order valence-electron chi connectivity index (χ4n) is 2.20. The Morgan fingerprint density at radius 3 is 2.78 bits per heavy atom. The lowest BCUT2D eigenvalue weighted by Crippen LogP contribution is -2.20. The summed E-state index contributed by atoms with van der Waals surface area (Å²) in [5.41, 5.74) is 2.10. The van der Waals surface area contributed by atoms with E-state index in [4.69, 9.17) is 4.74 Å². The number of carbonyl (C=O) groups excluding carboxylic acids is 1. The van der Waals surface area contributed by atoms with Gasteiger partial charge in [0.05, 0.1) is 24.1 Å². The van der Waals surface area contributed by atoms with Gasteiger partial charge in [-0.1, -0.05) is 0 Å². The Balaban J connectivity index is 2.02. The van der Waals surface area contributed by atoms with Crippen LogP contribution in [0.3, 0.4) is 0 Å². The van der Waals surface area contributed by atoms with E-state index in [1.807, 2.05) is 26.8 Å². The number of ether oxygens (including phenoxy) is 1. The molecule has 0 aliphatic carbocycles. The maximum atomic E-state index is 11.1. The fourth-order valence-corrected chi connectivity index (χ4v) is 2.20. The molecule has 0 aliphatic heterocycles. The zero-order valence-electron chi connectivity index (χ0n) is 13.2. The number of nitrogens with zero attached hydrogens (tertiary/aromatic N) is 5. The Morgan fingerprint density at radius 2 is 2.09 bits per heavy atom. The number of hydrogen-bond donors (Lipinski definition) is 0. The van der Waals surface area contributed by atoms with E-state index < -0.39 is 0 Å². The molecule has 0 aromatic carbocycles. The molecular weight excluding hydrogens is 294 g/mol. The van der Waals surface area contributed by atoms with E-state index >= 15 is 0 Å². The van der Waals surface area contributed by atoms with Gasteiger partial charge in [-0.25, -0.2) is 14.2 Å². The maximum Gasteiger partial charge on any atom is 0.207 e. The van der Waals surface area contributed by atoms with Gasteiger partial charge in [-0.15, -0.1) is 0 Å². The summed E-state index contributed by atoms with van der Waals surface area (Å²) in [6.07, 6.45) is 7.34. The SMILES string of the molecule is C=C(OC(C)(C)C)n1cc(-c2nc(C=O)cn3nccc23)cn1. The Labute approximate surface area is 133 Å². The van der Waals surface area contributed by atoms with Crippen molar-refractivity contribution in [3.63, 3.8) is 0 Å². The van der Waals surface area contributed by atoms with Gasteiger partial charge in [-0.2, -0.15) is 10.2 Å². The summed E-state index contributed by atoms with van der Waals surface area (Å²) >= 11 is 0. The molecule has 0 atom stereocenters. The third kappa shape index (κ3) is 2.98. The molecule has 0 aliphatic rings. The predicted molar refractivity (Wildman–Crippen MR) is 85.8 cm³/mol. The van der Waals surface area contributed by atoms with Crippen LogP contribution in [0.5, 0.6) is 0 Å². The molecule has 0 unspecified atom stereocenters. The van der Waals surface area contributed by atoms with E-state index in [1.165, 1.54) is 0 Å². The quantitative estimate of drug-likeness (QED) is 0.547. The highest BCUT2D eigenvalue weighted by atomic mass is 16.5. The van der Waals surface area contributed by atoms with Crippen molar-refractivity contribution in [1.82, 2.24) is 24.4 Å². The summed E-state index contributed by atoms with van der Waals surface area (Å²) in [4.78, 5) is 15.4. The van der Waals surface area contributed by atoms with Crippen LogP contribution in [0.15, 0.2) is 37.4 Å². The highest BCUT2D eigenvalue weighted by molar-refractivity contribution is 5.80. The normalized spacial score (nSPS) is 11.6. The van der Waals surface area contributed by atoms with Gasteiger partial charge in [0.25, 0.3) is 0 Å². The summed E-state index contributed by atoms with van der Waals surface area (Å²) in [6.45, 7) is 9.70. The molecule has 0 saturated heterocycles. The van der Waals surface area contributed by atoms with Crippen LogP contribution in [0.25, 0.3) is 22.7 Å². The fraction of sp³-hybridized carbons (Fsp3) is 0.250. The highest BCUT2D eigenvalue weighted by Gasteiger charge is 2.16. The molecule has 0 bridgehead atoms. The van der Waals surface area contributed by atoms with Crippen molar-refractivity contribution in [3.05, 3.63) is 43.1 Å². The Hall–Kier alpha value is -2.96. The Kier molecular flexibility index (Phi) is 3.48. The van der Waals surface area contributed by atoms with Crippen LogP contribution in [0.2, 0.25) is 0 Å². The molecule has 0 amide bonds. The number of carbonyl (C=O) groups is 1. The topological polar surface area (TPSA) is 74.3 Å². The van der Waals surface area contributed by atoms with Crippen molar-refractivity contribution in [1.29, 1.82) is 0 Å². The van der Waals surface area contributed by atoms with Crippen LogP contribution >= 0.6 is 0 Å². The molecule has 23 heavy (non-hydrogen) atoms. The molecule has 3 rings (SSSR count). The van der Waals surface area contributed by atoms with Crippen molar-refractivity contribution in [2.75, 3.05) is 0 Å². The largest absolute Gasteiger partial charge is 0.472 e. The van der Waals surface area contributed by atoms with Crippen molar-refractivity contribution in [3.8, 4) is 11.3 Å². The number of hydrogen-bond acceptors (Lipinski definition) is 5. The average molecular weight is 311 g/mol. The number of rotatable bonds is 4. The van der Waals surface area contributed by atoms with Gasteiger partial charge < -0.3 is 4.74 Å². The Bertz CT molecular complexity index is 885. The lowest BCUT2D eigenvalue weighted by atomic mass is 10.2. The van der Waals surface area contributed by atoms with E-state index in [0.29, 0.717) is 23.6 Å². The third-order valence-corrected chi connectivity index (χ3v) is 3.06. The highest BCUT2D eigenvalue weighted by Crippen LogP contribution is 2.24. The molecule has 0 fully saturated rings. The molecule has 0 spiro atoms. The van der Waals surface area contributed by atoms with E-state index in [1.54, 1.807) is 34.0 Å². The minimum atomic E-state index is -0.363. The zero-order chi connectivity index (χ0) is 16.6. The summed E-state index contributed by atoms with van der Waals surface area (Å²) in [5.74, 6) is 0.417. The molecule has 3 heterocycles. The zero-order valence-corrected chi connectivity index (χ0v) is 13.2. The standard InChI is InChI=1S/C16H17N5O2/c1-11(23-16(2,3)4)20-8-12(7-18-20)15-14-5-6-17-21(14)9-13(10-22)19-15/h5-10H,1H2,2-4H3. The molecule has 0 saturated carbocycles. The first kappa shape index (κ1) is 15.0. The van der Waals surface area contributed by atoms with Crippen LogP contribution in [-0.4, -0.2) is 36.3 Å². The van der Waals surface area contributed by atoms with Crippen LogP contribution < -0.4 is 0 Å². The molecule has 0 radical (unpaired) electrons. The smallest absolute Gasteiger partial charge is 0.207 e. The van der Waals surface area contributed by atoms with Crippen LogP contribution in [0.4, 0.5) is 0 Å². The van der Waals surface area contributed by atoms with Gasteiger partial charge in [-0.3, -0.25) is 4.79 Å². The van der Waals surface area contributed by atoms with Crippen LogP contribution in [-0.2, 0) is 4.74 Å². The number of fused-ring (bicyclic) bond motifs is 1. The molecule has 118 valence electrons. The molecule has 3 aromatic rings. The molecular formula is C16H17N5O2. The maximum absolute atomic E-state index is 11.1. The van der Waals surface area contributed by atoms with Crippen molar-refractivity contribution in [2.24, 2.45) is 0 Å². The van der Waals surface area contributed by atoms with Crippen LogP contribution in [0, 0.1) is 0 Å². The molecule has 7 nitrogen and oxygen atoms in total. The van der Waals surface area contributed by atoms with Gasteiger partial charge >= 0.3 is 0 Å². The van der Waals surface area contributed by atoms with E-state index in [-0.39, 0.29) is 5.60 Å². The van der Waals surface area contributed by atoms with Gasteiger partial charge in [0.1, 0.15) is 17.0 Å². The van der Waals surface area contributed by atoms with Gasteiger partial charge in [0, 0.05) is 11.8 Å². The monoisotopic (exact) mass is 311 g/mol. The second-order valence-electron chi connectivity index (χ2n) is 6.07. The molecule has 3 aromatic heterocycles. The van der Waals surface area contributed by atoms with Crippen LogP contribution in [0.1, 0.15) is 31.3 Å². The van der Waals surface area contributed by atoms with Gasteiger partial charge in [0.2, 0.25) is 5.88 Å². The lowest BCUT2D eigenvalue weighted by Gasteiger charge is -2.22. The number of aldehydes is 1. The second-order valence-corrected chi connectivity index (χ2v) is 6.07. The molecule has 0 N–H and O–H groups in total. The lowest BCUT2D eigenvalue weighted by molar-refractivity contribution is 0.0848. The first-order valence-corrected chi connectivity index (χ1v) is 7.10. The van der Waals surface area contributed by atoms with Crippen molar-refractivity contribution >= 4 is 17.7 Å². The number of aromatic nitrogens is 5. The van der Waals surface area contributed by atoms with E-state index in [0.717, 1.165) is 11.1 Å². The van der Waals surface area contributed by atoms with E-state index in [2.05, 4.69) is 21.8 Å².